The maximum atomic E-state index is 13.1. The first-order valence-electron chi connectivity index (χ1n) is 12.0. The first kappa shape index (κ1) is 25.7. The topological polar surface area (TPSA) is 112 Å². The molecule has 37 heavy (non-hydrogen) atoms. The van der Waals surface area contributed by atoms with Gasteiger partial charge in [0.25, 0.3) is 5.91 Å². The number of fused-ring (bicyclic) bond motifs is 1. The van der Waals surface area contributed by atoms with Crippen LogP contribution in [0.25, 0.3) is 6.08 Å². The Balaban J connectivity index is 1.58. The molecule has 2 aromatic carbocycles. The number of para-hydroxylation sites is 1. The molecular formula is C29H25N3O4S. The molecule has 0 radical (unpaired) electrons. The summed E-state index contributed by atoms with van der Waals surface area (Å²) in [4.78, 5) is 26.9. The molecule has 3 aromatic rings. The van der Waals surface area contributed by atoms with Crippen molar-refractivity contribution in [1.29, 1.82) is 10.5 Å². The van der Waals surface area contributed by atoms with Crippen LogP contribution < -0.4 is 10.1 Å². The van der Waals surface area contributed by atoms with Crippen LogP contribution in [0, 0.1) is 22.7 Å². The molecule has 7 nitrogen and oxygen atoms in total. The first-order chi connectivity index (χ1) is 18.0. The molecule has 0 spiro atoms. The van der Waals surface area contributed by atoms with Gasteiger partial charge in [0.05, 0.1) is 23.8 Å². The lowest BCUT2D eigenvalue weighted by atomic mass is 9.95. The molecule has 0 bridgehead atoms. The molecule has 1 heterocycles. The smallest absolute Gasteiger partial charge is 0.341 e. The highest BCUT2D eigenvalue weighted by molar-refractivity contribution is 7.17. The van der Waals surface area contributed by atoms with Crippen molar-refractivity contribution in [3.8, 4) is 17.9 Å². The van der Waals surface area contributed by atoms with Gasteiger partial charge in [-0.3, -0.25) is 4.79 Å². The van der Waals surface area contributed by atoms with Gasteiger partial charge in [0.1, 0.15) is 29.0 Å². The Morgan fingerprint density at radius 1 is 1.08 bits per heavy atom. The summed E-state index contributed by atoms with van der Waals surface area (Å²) < 4.78 is 11.2. The van der Waals surface area contributed by atoms with Crippen molar-refractivity contribution in [1.82, 2.24) is 0 Å². The third-order valence-electron chi connectivity index (χ3n) is 5.98. The van der Waals surface area contributed by atoms with Crippen molar-refractivity contribution in [2.45, 2.75) is 39.2 Å². The number of ether oxygens (including phenoxy) is 2. The Hall–Kier alpha value is -4.40. The summed E-state index contributed by atoms with van der Waals surface area (Å²) >= 11 is 1.37. The number of thiophene rings is 1. The van der Waals surface area contributed by atoms with Crippen LogP contribution in [0.5, 0.6) is 5.75 Å². The summed E-state index contributed by atoms with van der Waals surface area (Å²) in [6.07, 6.45) is 5.07. The molecule has 0 saturated heterocycles. The summed E-state index contributed by atoms with van der Waals surface area (Å²) in [5.41, 5.74) is 2.99. The SMILES string of the molecule is CCOC(=O)c1c(NC(=O)/C(C#N)=C/c2ccccc2OCc2ccccc2C#N)sc2c1CCCC2. The number of carbonyl (C=O) groups is 2. The third-order valence-corrected chi connectivity index (χ3v) is 7.19. The van der Waals surface area contributed by atoms with Gasteiger partial charge < -0.3 is 14.8 Å². The van der Waals surface area contributed by atoms with Gasteiger partial charge in [-0.2, -0.15) is 10.5 Å². The molecular weight excluding hydrogens is 486 g/mol. The van der Waals surface area contributed by atoms with E-state index in [1.165, 1.54) is 17.4 Å². The van der Waals surface area contributed by atoms with E-state index in [4.69, 9.17) is 9.47 Å². The fourth-order valence-electron chi connectivity index (χ4n) is 4.19. The van der Waals surface area contributed by atoms with E-state index in [1.807, 2.05) is 18.2 Å². The maximum absolute atomic E-state index is 13.1. The number of hydrogen-bond donors (Lipinski definition) is 1. The second-order valence-corrected chi connectivity index (χ2v) is 9.46. The summed E-state index contributed by atoms with van der Waals surface area (Å²) in [6.45, 7) is 2.13. The second kappa shape index (κ2) is 12.0. The van der Waals surface area contributed by atoms with Crippen LogP contribution in [0.4, 0.5) is 5.00 Å². The number of aryl methyl sites for hydroxylation is 1. The Morgan fingerprint density at radius 2 is 1.84 bits per heavy atom. The predicted octanol–water partition coefficient (Wildman–Crippen LogP) is 5.80. The van der Waals surface area contributed by atoms with Crippen LogP contribution >= 0.6 is 11.3 Å². The molecule has 0 fully saturated rings. The summed E-state index contributed by atoms with van der Waals surface area (Å²) in [5, 5.41) is 22.3. The van der Waals surface area contributed by atoms with E-state index in [1.54, 1.807) is 43.3 Å². The molecule has 186 valence electrons. The van der Waals surface area contributed by atoms with Crippen molar-refractivity contribution in [2.24, 2.45) is 0 Å². The number of carbonyl (C=O) groups excluding carboxylic acids is 2. The number of nitriles is 2. The monoisotopic (exact) mass is 511 g/mol. The first-order valence-corrected chi connectivity index (χ1v) is 12.8. The van der Waals surface area contributed by atoms with Crippen LogP contribution in [0.15, 0.2) is 54.1 Å². The van der Waals surface area contributed by atoms with Crippen molar-refractivity contribution in [2.75, 3.05) is 11.9 Å². The van der Waals surface area contributed by atoms with Crippen LogP contribution in [-0.2, 0) is 29.0 Å². The number of esters is 1. The van der Waals surface area contributed by atoms with Gasteiger partial charge in [0.2, 0.25) is 0 Å². The number of hydrogen-bond acceptors (Lipinski definition) is 7. The van der Waals surface area contributed by atoms with E-state index in [2.05, 4.69) is 11.4 Å². The van der Waals surface area contributed by atoms with Crippen LogP contribution in [-0.4, -0.2) is 18.5 Å². The summed E-state index contributed by atoms with van der Waals surface area (Å²) in [7, 11) is 0. The molecule has 1 amide bonds. The Kier molecular flexibility index (Phi) is 8.35. The minimum atomic E-state index is -0.615. The molecule has 4 rings (SSSR count). The molecule has 0 atom stereocenters. The van der Waals surface area contributed by atoms with Gasteiger partial charge in [-0.1, -0.05) is 36.4 Å². The van der Waals surface area contributed by atoms with Gasteiger partial charge in [-0.25, -0.2) is 4.79 Å². The van der Waals surface area contributed by atoms with Crippen molar-refractivity contribution >= 4 is 34.3 Å². The summed E-state index contributed by atoms with van der Waals surface area (Å²) in [6, 6.07) is 18.3. The highest BCUT2D eigenvalue weighted by atomic mass is 32.1. The normalized spacial score (nSPS) is 12.6. The lowest BCUT2D eigenvalue weighted by molar-refractivity contribution is -0.112. The van der Waals surface area contributed by atoms with E-state index >= 15 is 0 Å². The minimum Gasteiger partial charge on any atom is -0.488 e. The Morgan fingerprint density at radius 3 is 2.62 bits per heavy atom. The number of nitrogens with zero attached hydrogens (tertiary/aromatic N) is 2. The van der Waals surface area contributed by atoms with Gasteiger partial charge in [0.15, 0.2) is 0 Å². The van der Waals surface area contributed by atoms with Gasteiger partial charge in [-0.15, -0.1) is 11.3 Å². The van der Waals surface area contributed by atoms with E-state index in [0.29, 0.717) is 27.4 Å². The fourth-order valence-corrected chi connectivity index (χ4v) is 5.46. The lowest BCUT2D eigenvalue weighted by Gasteiger charge is -2.12. The predicted molar refractivity (Wildman–Crippen MR) is 141 cm³/mol. The summed E-state index contributed by atoms with van der Waals surface area (Å²) in [5.74, 6) is -0.609. The molecule has 1 aromatic heterocycles. The standard InChI is InChI=1S/C29H25N3O4S/c1-2-35-29(34)26-23-12-6-8-14-25(23)37-28(26)32-27(33)22(17-31)15-19-9-5-7-13-24(19)36-18-21-11-4-3-10-20(21)16-30/h3-5,7,9-11,13,15H,2,6,8,12,14,18H2,1H3,(H,32,33)/b22-15+. The average Bonchev–Trinajstić information content (AvgIpc) is 3.29. The minimum absolute atomic E-state index is 0.130. The van der Waals surface area contributed by atoms with Gasteiger partial charge in [-0.05, 0) is 56.4 Å². The zero-order chi connectivity index (χ0) is 26.2. The molecule has 1 aliphatic rings. The molecule has 0 unspecified atom stereocenters. The molecule has 1 N–H and O–H groups in total. The molecule has 0 aliphatic heterocycles. The van der Waals surface area contributed by atoms with Crippen molar-refractivity contribution < 1.29 is 19.1 Å². The molecule has 1 aliphatic carbocycles. The van der Waals surface area contributed by atoms with E-state index in [9.17, 15) is 20.1 Å². The quantitative estimate of drug-likeness (QED) is 0.232. The van der Waals surface area contributed by atoms with Gasteiger partial charge >= 0.3 is 5.97 Å². The molecule has 8 heteroatoms. The molecule has 0 saturated carbocycles. The highest BCUT2D eigenvalue weighted by Gasteiger charge is 2.28. The number of benzene rings is 2. The number of rotatable bonds is 8. The second-order valence-electron chi connectivity index (χ2n) is 8.35. The van der Waals surface area contributed by atoms with Crippen LogP contribution in [0.1, 0.15) is 57.3 Å². The van der Waals surface area contributed by atoms with Crippen molar-refractivity contribution in [3.63, 3.8) is 0 Å². The Bertz CT molecular complexity index is 1440. The third kappa shape index (κ3) is 5.88. The van der Waals surface area contributed by atoms with E-state index in [0.717, 1.165) is 41.7 Å². The zero-order valence-electron chi connectivity index (χ0n) is 20.4. The number of nitrogens with one attached hydrogen (secondary N) is 1. The maximum Gasteiger partial charge on any atom is 0.341 e. The van der Waals surface area contributed by atoms with Crippen LogP contribution in [0.3, 0.4) is 0 Å². The van der Waals surface area contributed by atoms with Crippen LogP contribution in [0.2, 0.25) is 0 Å². The zero-order valence-corrected chi connectivity index (χ0v) is 21.2. The Labute approximate surface area is 219 Å². The van der Waals surface area contributed by atoms with Crippen molar-refractivity contribution in [3.05, 3.63) is 86.8 Å². The van der Waals surface area contributed by atoms with E-state index in [-0.39, 0.29) is 18.8 Å². The van der Waals surface area contributed by atoms with Gasteiger partial charge in [0, 0.05) is 16.0 Å². The average molecular weight is 512 g/mol. The van der Waals surface area contributed by atoms with E-state index < -0.39 is 11.9 Å². The number of amides is 1. The fraction of sp³-hybridized carbons (Fsp3) is 0.241. The number of anilines is 1. The highest BCUT2D eigenvalue weighted by Crippen LogP contribution is 2.39. The lowest BCUT2D eigenvalue weighted by Crippen LogP contribution is -2.16. The largest absolute Gasteiger partial charge is 0.488 e.